The van der Waals surface area contributed by atoms with Gasteiger partial charge in [-0.05, 0) is 44.2 Å². The predicted molar refractivity (Wildman–Crippen MR) is 113 cm³/mol. The van der Waals surface area contributed by atoms with Gasteiger partial charge >= 0.3 is 0 Å². The molecule has 0 saturated heterocycles. The SMILES string of the molecule is CCOc1ccccc1NC(=O)C[C@@H](C)S(=O)(=O)c1ccc2c(c1)NC(=O)CS2. The fraction of sp³-hybridized carbons (Fsp3) is 0.300. The summed E-state index contributed by atoms with van der Waals surface area (Å²) in [5.74, 6) is 0.244. The topological polar surface area (TPSA) is 102 Å². The molecule has 0 fully saturated rings. The van der Waals surface area contributed by atoms with Crippen LogP contribution in [0.15, 0.2) is 52.3 Å². The highest BCUT2D eigenvalue weighted by Crippen LogP contribution is 2.34. The van der Waals surface area contributed by atoms with Crippen LogP contribution in [0.25, 0.3) is 0 Å². The summed E-state index contributed by atoms with van der Waals surface area (Å²) in [6, 6.07) is 11.6. The second-order valence-electron chi connectivity index (χ2n) is 6.53. The summed E-state index contributed by atoms with van der Waals surface area (Å²) in [7, 11) is -3.75. The molecule has 154 valence electrons. The molecule has 2 aromatic rings. The molecule has 1 aliphatic rings. The van der Waals surface area contributed by atoms with Gasteiger partial charge in [0.05, 0.1) is 33.9 Å². The number of ether oxygens (including phenoxy) is 1. The lowest BCUT2D eigenvalue weighted by atomic mass is 10.2. The van der Waals surface area contributed by atoms with Crippen LogP contribution in [0.1, 0.15) is 20.3 Å². The Morgan fingerprint density at radius 3 is 2.79 bits per heavy atom. The first-order valence-electron chi connectivity index (χ1n) is 9.13. The van der Waals surface area contributed by atoms with Crippen molar-refractivity contribution in [2.75, 3.05) is 23.0 Å². The zero-order valence-corrected chi connectivity index (χ0v) is 17.7. The number of anilines is 2. The van der Waals surface area contributed by atoms with Crippen LogP contribution in [0.2, 0.25) is 0 Å². The normalized spacial score (nSPS) is 14.5. The monoisotopic (exact) mass is 434 g/mol. The molecule has 3 rings (SSSR count). The van der Waals surface area contributed by atoms with E-state index in [2.05, 4.69) is 10.6 Å². The number of rotatable bonds is 7. The molecular weight excluding hydrogens is 412 g/mol. The highest BCUT2D eigenvalue weighted by molar-refractivity contribution is 8.00. The van der Waals surface area contributed by atoms with Crippen LogP contribution in [0.3, 0.4) is 0 Å². The van der Waals surface area contributed by atoms with Crippen molar-refractivity contribution in [3.05, 3.63) is 42.5 Å². The Morgan fingerprint density at radius 2 is 2.03 bits per heavy atom. The molecule has 2 N–H and O–H groups in total. The third-order valence-electron chi connectivity index (χ3n) is 4.38. The molecule has 0 spiro atoms. The van der Waals surface area contributed by atoms with Gasteiger partial charge in [0.25, 0.3) is 0 Å². The number of hydrogen-bond acceptors (Lipinski definition) is 6. The Hall–Kier alpha value is -2.52. The van der Waals surface area contributed by atoms with Crippen molar-refractivity contribution in [3.63, 3.8) is 0 Å². The molecule has 0 radical (unpaired) electrons. The van der Waals surface area contributed by atoms with E-state index in [1.807, 2.05) is 6.92 Å². The van der Waals surface area contributed by atoms with Crippen LogP contribution in [0.5, 0.6) is 5.75 Å². The third kappa shape index (κ3) is 4.91. The lowest BCUT2D eigenvalue weighted by Gasteiger charge is -2.19. The number of carbonyl (C=O) groups excluding carboxylic acids is 2. The van der Waals surface area contributed by atoms with Gasteiger partial charge in [-0.1, -0.05) is 12.1 Å². The molecule has 0 saturated carbocycles. The maximum Gasteiger partial charge on any atom is 0.234 e. The number of sulfone groups is 1. The molecule has 2 aromatic carbocycles. The van der Waals surface area contributed by atoms with Gasteiger partial charge in [-0.15, -0.1) is 11.8 Å². The summed E-state index contributed by atoms with van der Waals surface area (Å²) in [5.41, 5.74) is 0.979. The molecule has 1 atom stereocenters. The molecule has 0 aromatic heterocycles. The highest BCUT2D eigenvalue weighted by atomic mass is 32.2. The van der Waals surface area contributed by atoms with Crippen LogP contribution in [0.4, 0.5) is 11.4 Å². The largest absolute Gasteiger partial charge is 0.492 e. The summed E-state index contributed by atoms with van der Waals surface area (Å²) >= 11 is 1.36. The average Bonchev–Trinajstić information content (AvgIpc) is 2.69. The fourth-order valence-electron chi connectivity index (χ4n) is 2.89. The lowest BCUT2D eigenvalue weighted by molar-refractivity contribution is -0.116. The molecule has 0 bridgehead atoms. The van der Waals surface area contributed by atoms with Gasteiger partial charge in [-0.25, -0.2) is 8.42 Å². The molecule has 7 nitrogen and oxygen atoms in total. The molecule has 0 unspecified atom stereocenters. The van der Waals surface area contributed by atoms with E-state index in [1.165, 1.54) is 30.8 Å². The van der Waals surface area contributed by atoms with Crippen molar-refractivity contribution >= 4 is 44.8 Å². The molecule has 0 aliphatic carbocycles. The summed E-state index contributed by atoms with van der Waals surface area (Å²) < 4.78 is 31.3. The summed E-state index contributed by atoms with van der Waals surface area (Å²) in [5, 5.41) is 4.46. The van der Waals surface area contributed by atoms with Gasteiger partial charge in [-0.2, -0.15) is 0 Å². The first-order valence-corrected chi connectivity index (χ1v) is 11.7. The number of benzene rings is 2. The van der Waals surface area contributed by atoms with Crippen molar-refractivity contribution in [2.45, 2.75) is 35.3 Å². The Labute approximate surface area is 174 Å². The fourth-order valence-corrected chi connectivity index (χ4v) is 5.06. The Balaban J connectivity index is 1.73. The van der Waals surface area contributed by atoms with Gasteiger partial charge in [0.2, 0.25) is 11.8 Å². The number of para-hydroxylation sites is 2. The van der Waals surface area contributed by atoms with E-state index in [0.717, 1.165) is 4.90 Å². The van der Waals surface area contributed by atoms with Crippen LogP contribution in [-0.4, -0.2) is 37.8 Å². The number of hydrogen-bond donors (Lipinski definition) is 2. The smallest absolute Gasteiger partial charge is 0.234 e. The summed E-state index contributed by atoms with van der Waals surface area (Å²) in [6.45, 7) is 3.79. The van der Waals surface area contributed by atoms with Gasteiger partial charge in [0.1, 0.15) is 5.75 Å². The van der Waals surface area contributed by atoms with Crippen molar-refractivity contribution in [1.29, 1.82) is 0 Å². The number of fused-ring (bicyclic) bond motifs is 1. The number of thioether (sulfide) groups is 1. The zero-order chi connectivity index (χ0) is 21.0. The first kappa shape index (κ1) is 21.2. The van der Waals surface area contributed by atoms with E-state index in [1.54, 1.807) is 30.3 Å². The average molecular weight is 435 g/mol. The predicted octanol–water partition coefficient (Wildman–Crippen LogP) is 3.32. The molecule has 29 heavy (non-hydrogen) atoms. The van der Waals surface area contributed by atoms with Crippen LogP contribution < -0.4 is 15.4 Å². The second kappa shape index (κ2) is 8.87. The van der Waals surface area contributed by atoms with E-state index in [0.29, 0.717) is 29.5 Å². The van der Waals surface area contributed by atoms with Crippen LogP contribution >= 0.6 is 11.8 Å². The number of carbonyl (C=O) groups is 2. The van der Waals surface area contributed by atoms with E-state index in [9.17, 15) is 18.0 Å². The Kier molecular flexibility index (Phi) is 6.49. The maximum absolute atomic E-state index is 12.9. The van der Waals surface area contributed by atoms with Crippen molar-refractivity contribution in [1.82, 2.24) is 0 Å². The van der Waals surface area contributed by atoms with Gasteiger partial charge in [0.15, 0.2) is 9.84 Å². The minimum atomic E-state index is -3.75. The van der Waals surface area contributed by atoms with Gasteiger partial charge in [-0.3, -0.25) is 9.59 Å². The van der Waals surface area contributed by atoms with Crippen molar-refractivity contribution in [2.24, 2.45) is 0 Å². The van der Waals surface area contributed by atoms with Gasteiger partial charge in [0, 0.05) is 11.3 Å². The molecule has 1 aliphatic heterocycles. The highest BCUT2D eigenvalue weighted by Gasteiger charge is 2.28. The molecule has 9 heteroatoms. The van der Waals surface area contributed by atoms with Crippen molar-refractivity contribution in [3.8, 4) is 5.75 Å². The third-order valence-corrected chi connectivity index (χ3v) is 7.59. The zero-order valence-electron chi connectivity index (χ0n) is 16.1. The maximum atomic E-state index is 12.9. The van der Waals surface area contributed by atoms with Crippen molar-refractivity contribution < 1.29 is 22.7 Å². The second-order valence-corrected chi connectivity index (χ2v) is 9.92. The van der Waals surface area contributed by atoms with Crippen LogP contribution in [-0.2, 0) is 19.4 Å². The summed E-state index contributed by atoms with van der Waals surface area (Å²) in [6.07, 6.45) is -0.207. The van der Waals surface area contributed by atoms with Gasteiger partial charge < -0.3 is 15.4 Å². The molecule has 1 heterocycles. The van der Waals surface area contributed by atoms with E-state index < -0.39 is 21.0 Å². The summed E-state index contributed by atoms with van der Waals surface area (Å²) in [4.78, 5) is 24.9. The number of amides is 2. The molecular formula is C20H22N2O5S2. The Morgan fingerprint density at radius 1 is 1.28 bits per heavy atom. The minimum absolute atomic E-state index is 0.0778. The quantitative estimate of drug-likeness (QED) is 0.693. The minimum Gasteiger partial charge on any atom is -0.492 e. The lowest BCUT2D eigenvalue weighted by Crippen LogP contribution is -2.25. The number of nitrogens with one attached hydrogen (secondary N) is 2. The van der Waals surface area contributed by atoms with Crippen LogP contribution in [0, 0.1) is 0 Å². The van der Waals surface area contributed by atoms with E-state index in [-0.39, 0.29) is 17.2 Å². The van der Waals surface area contributed by atoms with E-state index >= 15 is 0 Å². The van der Waals surface area contributed by atoms with E-state index in [4.69, 9.17) is 4.74 Å². The first-order chi connectivity index (χ1) is 13.8. The molecule has 2 amide bonds. The standard InChI is InChI=1S/C20H22N2O5S2/c1-3-27-17-7-5-4-6-15(17)21-19(23)10-13(2)29(25,26)14-8-9-18-16(11-14)22-20(24)12-28-18/h4-9,11,13H,3,10,12H2,1-2H3,(H,21,23)(H,22,24)/t13-/m1/s1. The Bertz CT molecular complexity index is 1040.